The van der Waals surface area contributed by atoms with Crippen LogP contribution in [-0.4, -0.2) is 50.6 Å². The predicted molar refractivity (Wildman–Crippen MR) is 198 cm³/mol. The van der Waals surface area contributed by atoms with Gasteiger partial charge in [0.15, 0.2) is 11.7 Å². The summed E-state index contributed by atoms with van der Waals surface area (Å²) in [6.07, 6.45) is -0.0554. The lowest BCUT2D eigenvalue weighted by molar-refractivity contribution is -0.116. The molecule has 0 aromatic heterocycles. The van der Waals surface area contributed by atoms with Crippen LogP contribution < -0.4 is 20.8 Å². The SMILES string of the molecule is CCOC(=O)c1ccc(NC(=O)CCNC(=O)OCC2c3ccccc3-c3ccccc32)cc1-c1c2ccc(=O)cc-2oc2cc(OCC=O)ccc12. The number of carbonyl (C=O) groups is 4. The van der Waals surface area contributed by atoms with Gasteiger partial charge in [0.2, 0.25) is 5.91 Å². The number of aldehydes is 1. The number of anilines is 1. The minimum absolute atomic E-state index is 0.0256. The van der Waals surface area contributed by atoms with Crippen molar-refractivity contribution in [3.63, 3.8) is 0 Å². The fourth-order valence-corrected chi connectivity index (χ4v) is 6.73. The molecule has 2 amide bonds. The highest BCUT2D eigenvalue weighted by atomic mass is 16.5. The van der Waals surface area contributed by atoms with Crippen LogP contribution in [0.25, 0.3) is 44.5 Å². The van der Waals surface area contributed by atoms with Crippen LogP contribution in [0.3, 0.4) is 0 Å². The second-order valence-corrected chi connectivity index (χ2v) is 12.3. The van der Waals surface area contributed by atoms with Gasteiger partial charge in [0, 0.05) is 53.2 Å². The zero-order valence-electron chi connectivity index (χ0n) is 28.7. The number of fused-ring (bicyclic) bond motifs is 5. The number of ether oxygens (including phenoxy) is 3. The third-order valence-corrected chi connectivity index (χ3v) is 9.02. The summed E-state index contributed by atoms with van der Waals surface area (Å²) >= 11 is 0. The second kappa shape index (κ2) is 15.2. The fourth-order valence-electron chi connectivity index (χ4n) is 6.73. The van der Waals surface area contributed by atoms with Crippen LogP contribution in [0.4, 0.5) is 10.5 Å². The summed E-state index contributed by atoms with van der Waals surface area (Å²) in [5.74, 6) is -0.423. The van der Waals surface area contributed by atoms with Crippen molar-refractivity contribution < 1.29 is 37.8 Å². The van der Waals surface area contributed by atoms with Crippen molar-refractivity contribution in [1.82, 2.24) is 5.32 Å². The zero-order valence-corrected chi connectivity index (χ0v) is 28.7. The summed E-state index contributed by atoms with van der Waals surface area (Å²) in [7, 11) is 0. The Labute approximate surface area is 303 Å². The Hall–Kier alpha value is -6.75. The van der Waals surface area contributed by atoms with Gasteiger partial charge in [0.05, 0.1) is 12.2 Å². The third kappa shape index (κ3) is 7.22. The molecule has 0 bridgehead atoms. The molecule has 0 saturated heterocycles. The van der Waals surface area contributed by atoms with Gasteiger partial charge >= 0.3 is 12.1 Å². The van der Waals surface area contributed by atoms with Crippen molar-refractivity contribution in [3.05, 3.63) is 130 Å². The van der Waals surface area contributed by atoms with E-state index in [-0.39, 0.29) is 61.4 Å². The number of hydrogen-bond acceptors (Lipinski definition) is 9. The molecule has 0 fully saturated rings. The first kappa shape index (κ1) is 34.7. The molecule has 0 spiro atoms. The van der Waals surface area contributed by atoms with Crippen LogP contribution in [0.15, 0.2) is 112 Å². The van der Waals surface area contributed by atoms with E-state index >= 15 is 0 Å². The first-order chi connectivity index (χ1) is 25.8. The molecule has 53 heavy (non-hydrogen) atoms. The maximum Gasteiger partial charge on any atom is 0.407 e. The highest BCUT2D eigenvalue weighted by Gasteiger charge is 2.29. The minimum atomic E-state index is -0.630. The number of nitrogens with one attached hydrogen (secondary N) is 2. The van der Waals surface area contributed by atoms with Crippen LogP contribution in [0.2, 0.25) is 0 Å². The molecule has 0 saturated carbocycles. The summed E-state index contributed by atoms with van der Waals surface area (Å²) < 4.78 is 22.5. The van der Waals surface area contributed by atoms with E-state index in [2.05, 4.69) is 22.8 Å². The van der Waals surface area contributed by atoms with Crippen molar-refractivity contribution in [1.29, 1.82) is 0 Å². The Balaban J connectivity index is 1.09. The summed E-state index contributed by atoms with van der Waals surface area (Å²) in [6.45, 7) is 1.85. The number of amides is 2. The van der Waals surface area contributed by atoms with Crippen molar-refractivity contribution in [2.24, 2.45) is 0 Å². The summed E-state index contributed by atoms with van der Waals surface area (Å²) in [4.78, 5) is 62.3. The molecular formula is C42H34N2O9. The molecule has 0 radical (unpaired) electrons. The number of benzene rings is 5. The summed E-state index contributed by atoms with van der Waals surface area (Å²) in [5.41, 5.74) is 6.64. The summed E-state index contributed by atoms with van der Waals surface area (Å²) in [5, 5.41) is 6.09. The second-order valence-electron chi connectivity index (χ2n) is 12.3. The Morgan fingerprint density at radius 3 is 2.30 bits per heavy atom. The lowest BCUT2D eigenvalue weighted by Crippen LogP contribution is -2.29. The quantitative estimate of drug-likeness (QED) is 0.0765. The minimum Gasteiger partial charge on any atom is -0.486 e. The van der Waals surface area contributed by atoms with E-state index < -0.39 is 12.1 Å². The number of carbonyl (C=O) groups excluding carboxylic acids is 4. The normalized spacial score (nSPS) is 11.8. The van der Waals surface area contributed by atoms with Gasteiger partial charge in [0.25, 0.3) is 0 Å². The van der Waals surface area contributed by atoms with Crippen LogP contribution in [-0.2, 0) is 19.1 Å². The largest absolute Gasteiger partial charge is 0.486 e. The van der Waals surface area contributed by atoms with Crippen molar-refractivity contribution in [2.45, 2.75) is 19.3 Å². The average Bonchev–Trinajstić information content (AvgIpc) is 3.48. The lowest BCUT2D eigenvalue weighted by Gasteiger charge is -2.19. The molecule has 3 aliphatic rings. The average molecular weight is 711 g/mol. The maximum absolute atomic E-state index is 13.2. The van der Waals surface area contributed by atoms with Gasteiger partial charge in [-0.15, -0.1) is 0 Å². The number of rotatable bonds is 12. The van der Waals surface area contributed by atoms with E-state index in [9.17, 15) is 24.0 Å². The van der Waals surface area contributed by atoms with E-state index in [4.69, 9.17) is 18.6 Å². The van der Waals surface area contributed by atoms with Gasteiger partial charge in [0.1, 0.15) is 30.3 Å². The van der Waals surface area contributed by atoms with Crippen LogP contribution in [0.5, 0.6) is 5.75 Å². The maximum atomic E-state index is 13.2. The molecule has 1 heterocycles. The van der Waals surface area contributed by atoms with Crippen molar-refractivity contribution in [2.75, 3.05) is 31.7 Å². The molecule has 11 heteroatoms. The molecule has 266 valence electrons. The third-order valence-electron chi connectivity index (χ3n) is 9.02. The van der Waals surface area contributed by atoms with E-state index in [1.54, 1.807) is 49.4 Å². The van der Waals surface area contributed by atoms with Crippen LogP contribution in [0.1, 0.15) is 40.7 Å². The smallest absolute Gasteiger partial charge is 0.407 e. The summed E-state index contributed by atoms with van der Waals surface area (Å²) in [6, 6.07) is 30.3. The molecule has 2 N–H and O–H groups in total. The zero-order chi connectivity index (χ0) is 36.9. The Kier molecular flexibility index (Phi) is 9.97. The molecular weight excluding hydrogens is 676 g/mol. The van der Waals surface area contributed by atoms with Gasteiger partial charge in [-0.3, -0.25) is 14.4 Å². The number of esters is 1. The molecule has 7 rings (SSSR count). The van der Waals surface area contributed by atoms with Gasteiger partial charge < -0.3 is 29.3 Å². The van der Waals surface area contributed by atoms with Gasteiger partial charge in [-0.25, -0.2) is 9.59 Å². The Bertz CT molecular complexity index is 2350. The molecule has 0 atom stereocenters. The van der Waals surface area contributed by atoms with E-state index in [0.29, 0.717) is 45.4 Å². The van der Waals surface area contributed by atoms with E-state index in [1.165, 1.54) is 12.1 Å². The monoisotopic (exact) mass is 710 g/mol. The number of alkyl carbamates (subject to hydrolysis) is 1. The Morgan fingerprint density at radius 2 is 1.57 bits per heavy atom. The topological polar surface area (TPSA) is 150 Å². The molecule has 2 aliphatic carbocycles. The molecule has 4 aromatic carbocycles. The highest BCUT2D eigenvalue weighted by Crippen LogP contribution is 2.45. The Morgan fingerprint density at radius 1 is 0.811 bits per heavy atom. The van der Waals surface area contributed by atoms with E-state index in [0.717, 1.165) is 22.3 Å². The molecule has 11 nitrogen and oxygen atoms in total. The predicted octanol–water partition coefficient (Wildman–Crippen LogP) is 7.19. The van der Waals surface area contributed by atoms with Crippen LogP contribution >= 0.6 is 0 Å². The molecule has 4 aromatic rings. The van der Waals surface area contributed by atoms with Gasteiger partial charge in [-0.05, 0) is 77.2 Å². The first-order valence-electron chi connectivity index (χ1n) is 17.1. The van der Waals surface area contributed by atoms with Gasteiger partial charge in [-0.2, -0.15) is 0 Å². The van der Waals surface area contributed by atoms with Crippen molar-refractivity contribution >= 4 is 40.9 Å². The van der Waals surface area contributed by atoms with Crippen LogP contribution in [0, 0.1) is 0 Å². The van der Waals surface area contributed by atoms with E-state index in [1.807, 2.05) is 36.4 Å². The fraction of sp³-hybridized carbons (Fsp3) is 0.167. The standard InChI is InChI=1S/C42H34N2O9/c1-2-50-41(48)32-14-11-25(21-35(32)40-33-15-12-26(46)22-37(33)53-38-23-27(51-20-19-45)13-16-34(38)40)44-39(47)17-18-43-42(49)52-24-36-30-9-5-3-7-28(30)29-8-4-6-10-31(29)36/h3-16,19,21-23,36H,2,17-18,20,24H2,1H3,(H,43,49)(H,44,47). The molecule has 1 aliphatic heterocycles. The molecule has 0 unspecified atom stereocenters. The van der Waals surface area contributed by atoms with Crippen molar-refractivity contribution in [3.8, 4) is 39.3 Å². The highest BCUT2D eigenvalue weighted by molar-refractivity contribution is 6.09. The van der Waals surface area contributed by atoms with Gasteiger partial charge in [-0.1, -0.05) is 48.5 Å². The number of hydrogen-bond donors (Lipinski definition) is 2. The first-order valence-corrected chi connectivity index (χ1v) is 17.1. The lowest BCUT2D eigenvalue weighted by atomic mass is 9.90.